The van der Waals surface area contributed by atoms with E-state index < -0.39 is 17.7 Å². The van der Waals surface area contributed by atoms with Gasteiger partial charge in [-0.3, -0.25) is 9.69 Å². The van der Waals surface area contributed by atoms with Crippen LogP contribution in [0.2, 0.25) is 0 Å². The minimum atomic E-state index is -0.671. The third-order valence-electron chi connectivity index (χ3n) is 3.96. The van der Waals surface area contributed by atoms with Gasteiger partial charge in [0.25, 0.3) is 0 Å². The Bertz CT molecular complexity index is 778. The predicted octanol–water partition coefficient (Wildman–Crippen LogP) is 3.84. The molecule has 0 saturated heterocycles. The second kappa shape index (κ2) is 9.83. The van der Waals surface area contributed by atoms with Crippen LogP contribution in [-0.4, -0.2) is 31.0 Å². The predicted molar refractivity (Wildman–Crippen MR) is 101 cm³/mol. The standard InChI is InChI=1S/C21H24F2N2O2/c1-4-11-27-18-8-5-16(6-9-18)13-25(3)14-21(26)24-15(2)19-10-7-17(22)12-20(19)23/h4-10,12,15H,1,11,13-14H2,2-3H3,(H,24,26)/t15-/m1/s1. The Morgan fingerprint density at radius 2 is 1.96 bits per heavy atom. The number of rotatable bonds is 9. The molecule has 2 aromatic rings. The van der Waals surface area contributed by atoms with E-state index in [-0.39, 0.29) is 18.0 Å². The van der Waals surface area contributed by atoms with Gasteiger partial charge in [-0.1, -0.05) is 30.9 Å². The van der Waals surface area contributed by atoms with Crippen molar-refractivity contribution in [3.63, 3.8) is 0 Å². The first-order chi connectivity index (χ1) is 12.9. The number of carbonyl (C=O) groups excluding carboxylic acids is 1. The summed E-state index contributed by atoms with van der Waals surface area (Å²) in [6.45, 7) is 6.45. The smallest absolute Gasteiger partial charge is 0.234 e. The van der Waals surface area contributed by atoms with Crippen molar-refractivity contribution in [3.8, 4) is 5.75 Å². The van der Waals surface area contributed by atoms with Crippen molar-refractivity contribution >= 4 is 5.91 Å². The van der Waals surface area contributed by atoms with Gasteiger partial charge in [0.05, 0.1) is 12.6 Å². The normalized spacial score (nSPS) is 11.9. The van der Waals surface area contributed by atoms with Crippen molar-refractivity contribution in [3.05, 3.63) is 77.9 Å². The maximum Gasteiger partial charge on any atom is 0.234 e. The summed E-state index contributed by atoms with van der Waals surface area (Å²) in [4.78, 5) is 14.0. The summed E-state index contributed by atoms with van der Waals surface area (Å²) in [5, 5.41) is 2.73. The van der Waals surface area contributed by atoms with E-state index in [4.69, 9.17) is 4.74 Å². The van der Waals surface area contributed by atoms with Crippen molar-refractivity contribution < 1.29 is 18.3 Å². The van der Waals surface area contributed by atoms with E-state index in [1.807, 2.05) is 36.2 Å². The van der Waals surface area contributed by atoms with E-state index in [1.54, 1.807) is 13.0 Å². The summed E-state index contributed by atoms with van der Waals surface area (Å²) in [6.07, 6.45) is 1.68. The molecule has 0 fully saturated rings. The highest BCUT2D eigenvalue weighted by Crippen LogP contribution is 2.18. The van der Waals surface area contributed by atoms with E-state index in [1.165, 1.54) is 12.1 Å². The monoisotopic (exact) mass is 374 g/mol. The Morgan fingerprint density at radius 3 is 2.59 bits per heavy atom. The second-order valence-corrected chi connectivity index (χ2v) is 6.37. The first-order valence-corrected chi connectivity index (χ1v) is 8.64. The highest BCUT2D eigenvalue weighted by atomic mass is 19.1. The third-order valence-corrected chi connectivity index (χ3v) is 3.96. The molecule has 1 atom stereocenters. The van der Waals surface area contributed by atoms with Crippen LogP contribution in [0.5, 0.6) is 5.75 Å². The Balaban J connectivity index is 1.84. The van der Waals surface area contributed by atoms with E-state index in [2.05, 4.69) is 11.9 Å². The number of carbonyl (C=O) groups is 1. The first kappa shape index (κ1) is 20.6. The molecule has 2 rings (SSSR count). The molecule has 0 saturated carbocycles. The van der Waals surface area contributed by atoms with Crippen LogP contribution < -0.4 is 10.1 Å². The quantitative estimate of drug-likeness (QED) is 0.678. The minimum Gasteiger partial charge on any atom is -0.490 e. The average molecular weight is 374 g/mol. The van der Waals surface area contributed by atoms with Gasteiger partial charge in [0.15, 0.2) is 0 Å². The molecular formula is C21H24F2N2O2. The van der Waals surface area contributed by atoms with Gasteiger partial charge < -0.3 is 10.1 Å². The van der Waals surface area contributed by atoms with Crippen LogP contribution in [-0.2, 0) is 11.3 Å². The molecule has 0 aromatic heterocycles. The maximum atomic E-state index is 13.8. The zero-order valence-electron chi connectivity index (χ0n) is 15.5. The SMILES string of the molecule is C=CCOc1ccc(CN(C)CC(=O)N[C@H](C)c2ccc(F)cc2F)cc1. The zero-order valence-corrected chi connectivity index (χ0v) is 15.5. The van der Waals surface area contributed by atoms with E-state index >= 15 is 0 Å². The van der Waals surface area contributed by atoms with Gasteiger partial charge in [0.2, 0.25) is 5.91 Å². The van der Waals surface area contributed by atoms with Gasteiger partial charge >= 0.3 is 0 Å². The highest BCUT2D eigenvalue weighted by Gasteiger charge is 2.15. The number of hydrogen-bond acceptors (Lipinski definition) is 3. The molecule has 4 nitrogen and oxygen atoms in total. The number of amides is 1. The zero-order chi connectivity index (χ0) is 19.8. The van der Waals surface area contributed by atoms with Crippen molar-refractivity contribution in [1.29, 1.82) is 0 Å². The largest absolute Gasteiger partial charge is 0.490 e. The van der Waals surface area contributed by atoms with E-state index in [9.17, 15) is 13.6 Å². The molecule has 0 bridgehead atoms. The highest BCUT2D eigenvalue weighted by molar-refractivity contribution is 5.78. The number of halogens is 2. The van der Waals surface area contributed by atoms with Crippen LogP contribution >= 0.6 is 0 Å². The fourth-order valence-corrected chi connectivity index (χ4v) is 2.68. The van der Waals surface area contributed by atoms with E-state index in [0.29, 0.717) is 13.2 Å². The van der Waals surface area contributed by atoms with Crippen LogP contribution in [0.1, 0.15) is 24.1 Å². The lowest BCUT2D eigenvalue weighted by Gasteiger charge is -2.20. The number of benzene rings is 2. The Hall–Kier alpha value is -2.73. The van der Waals surface area contributed by atoms with Gasteiger partial charge in [-0.15, -0.1) is 0 Å². The van der Waals surface area contributed by atoms with Crippen molar-refractivity contribution in [2.45, 2.75) is 19.5 Å². The number of ether oxygens (including phenoxy) is 1. The maximum absolute atomic E-state index is 13.8. The van der Waals surface area contributed by atoms with Crippen molar-refractivity contribution in [2.24, 2.45) is 0 Å². The molecule has 2 aromatic carbocycles. The summed E-state index contributed by atoms with van der Waals surface area (Å²) >= 11 is 0. The summed E-state index contributed by atoms with van der Waals surface area (Å²) < 4.78 is 32.2. The van der Waals surface area contributed by atoms with Gasteiger partial charge in [-0.25, -0.2) is 8.78 Å². The third kappa shape index (κ3) is 6.49. The first-order valence-electron chi connectivity index (χ1n) is 8.64. The Morgan fingerprint density at radius 1 is 1.26 bits per heavy atom. The molecule has 27 heavy (non-hydrogen) atoms. The molecule has 1 N–H and O–H groups in total. The molecule has 1 amide bonds. The van der Waals surface area contributed by atoms with Crippen LogP contribution in [0.4, 0.5) is 8.78 Å². The summed E-state index contributed by atoms with van der Waals surface area (Å²) in [5.74, 6) is -0.792. The van der Waals surface area contributed by atoms with Gasteiger partial charge in [0.1, 0.15) is 24.0 Å². The molecule has 0 aliphatic rings. The molecule has 0 radical (unpaired) electrons. The summed E-state index contributed by atoms with van der Waals surface area (Å²) in [6, 6.07) is 10.4. The molecule has 0 aliphatic heterocycles. The summed E-state index contributed by atoms with van der Waals surface area (Å²) in [5.41, 5.74) is 1.29. The Kier molecular flexibility index (Phi) is 7.49. The fourth-order valence-electron chi connectivity index (χ4n) is 2.68. The van der Waals surface area contributed by atoms with Gasteiger partial charge in [0, 0.05) is 18.2 Å². The van der Waals surface area contributed by atoms with Crippen molar-refractivity contribution in [1.82, 2.24) is 10.2 Å². The van der Waals surface area contributed by atoms with Gasteiger partial charge in [-0.05, 0) is 37.7 Å². The molecule has 0 aliphatic carbocycles. The summed E-state index contributed by atoms with van der Waals surface area (Å²) in [7, 11) is 1.82. The Labute approximate surface area is 158 Å². The van der Waals surface area contributed by atoms with Crippen LogP contribution in [0.25, 0.3) is 0 Å². The number of likely N-dealkylation sites (N-methyl/N-ethyl adjacent to an activating group) is 1. The molecule has 0 unspecified atom stereocenters. The molecular weight excluding hydrogens is 350 g/mol. The number of hydrogen-bond donors (Lipinski definition) is 1. The topological polar surface area (TPSA) is 41.6 Å². The number of nitrogens with zero attached hydrogens (tertiary/aromatic N) is 1. The molecule has 0 heterocycles. The average Bonchev–Trinajstić information content (AvgIpc) is 2.60. The lowest BCUT2D eigenvalue weighted by atomic mass is 10.1. The molecule has 144 valence electrons. The second-order valence-electron chi connectivity index (χ2n) is 6.37. The molecule has 6 heteroatoms. The lowest BCUT2D eigenvalue weighted by molar-refractivity contribution is -0.122. The van der Waals surface area contributed by atoms with Crippen LogP contribution in [0.15, 0.2) is 55.1 Å². The van der Waals surface area contributed by atoms with Crippen LogP contribution in [0, 0.1) is 11.6 Å². The fraction of sp³-hybridized carbons (Fsp3) is 0.286. The number of nitrogens with one attached hydrogen (secondary N) is 1. The minimum absolute atomic E-state index is 0.155. The lowest BCUT2D eigenvalue weighted by Crippen LogP contribution is -2.36. The van der Waals surface area contributed by atoms with Crippen LogP contribution in [0.3, 0.4) is 0 Å². The molecule has 0 spiro atoms. The van der Waals surface area contributed by atoms with Gasteiger partial charge in [-0.2, -0.15) is 0 Å². The van der Waals surface area contributed by atoms with Crippen molar-refractivity contribution in [2.75, 3.05) is 20.2 Å². The van der Waals surface area contributed by atoms with E-state index in [0.717, 1.165) is 17.4 Å².